The monoisotopic (exact) mass is 266 g/mol. The maximum absolute atomic E-state index is 11.1. The smallest absolute Gasteiger partial charge is 0.342 e. The number of aliphatic carboxylic acids is 1. The van der Waals surface area contributed by atoms with Gasteiger partial charge in [-0.05, 0) is 23.9 Å². The third-order valence-corrected chi connectivity index (χ3v) is 2.83. The summed E-state index contributed by atoms with van der Waals surface area (Å²) >= 11 is 0.893. The van der Waals surface area contributed by atoms with Crippen molar-refractivity contribution in [3.63, 3.8) is 0 Å². The molecule has 0 radical (unpaired) electrons. The molecule has 0 unspecified atom stereocenters. The molecule has 7 heteroatoms. The molecular weight excluding hydrogens is 256 g/mol. The van der Waals surface area contributed by atoms with Crippen molar-refractivity contribution in [1.29, 1.82) is 0 Å². The van der Waals surface area contributed by atoms with Gasteiger partial charge in [0.05, 0.1) is 6.26 Å². The largest absolute Gasteiger partial charge is 0.477 e. The average Bonchev–Trinajstić information content (AvgIpc) is 2.99. The molecule has 2 aromatic rings. The number of furan rings is 1. The van der Waals surface area contributed by atoms with Crippen molar-refractivity contribution >= 4 is 23.8 Å². The van der Waals surface area contributed by atoms with Gasteiger partial charge >= 0.3 is 5.97 Å². The molecule has 0 saturated carbocycles. The molecule has 0 aliphatic heterocycles. The summed E-state index contributed by atoms with van der Waals surface area (Å²) in [5.41, 5.74) is 0. The van der Waals surface area contributed by atoms with Crippen LogP contribution in [-0.2, 0) is 11.2 Å². The molecule has 0 saturated heterocycles. The van der Waals surface area contributed by atoms with Crippen LogP contribution in [0.1, 0.15) is 18.6 Å². The Morgan fingerprint density at radius 2 is 2.39 bits per heavy atom. The van der Waals surface area contributed by atoms with E-state index in [0.717, 1.165) is 11.8 Å². The van der Waals surface area contributed by atoms with Gasteiger partial charge in [0.1, 0.15) is 10.7 Å². The second-order valence-corrected chi connectivity index (χ2v) is 4.24. The molecule has 2 rings (SSSR count). The van der Waals surface area contributed by atoms with Gasteiger partial charge in [-0.25, -0.2) is 4.79 Å². The van der Waals surface area contributed by atoms with Crippen molar-refractivity contribution in [3.8, 4) is 0 Å². The van der Waals surface area contributed by atoms with Gasteiger partial charge in [-0.1, -0.05) is 6.92 Å². The maximum atomic E-state index is 11.1. The minimum Gasteiger partial charge on any atom is -0.477 e. The molecule has 18 heavy (non-hydrogen) atoms. The van der Waals surface area contributed by atoms with E-state index in [2.05, 4.69) is 10.2 Å². The molecule has 1 N–H and O–H groups in total. The van der Waals surface area contributed by atoms with E-state index in [1.54, 1.807) is 12.1 Å². The third kappa shape index (κ3) is 3.01. The van der Waals surface area contributed by atoms with Crippen molar-refractivity contribution in [2.24, 2.45) is 0 Å². The molecule has 0 aliphatic rings. The standard InChI is InChI=1S/C11H10N2O4S/c1-2-9-12-13-11(17-9)18-8(10(14)15)6-7-4-3-5-16-7/h3-6H,2H2,1H3,(H,14,15)/b8-6+. The number of thioether (sulfide) groups is 1. The lowest BCUT2D eigenvalue weighted by atomic mass is 10.4. The first-order valence-corrected chi connectivity index (χ1v) is 5.99. The zero-order valence-electron chi connectivity index (χ0n) is 9.49. The third-order valence-electron chi connectivity index (χ3n) is 1.98. The Bertz CT molecular complexity index is 559. The molecule has 0 fully saturated rings. The van der Waals surface area contributed by atoms with E-state index in [-0.39, 0.29) is 10.1 Å². The van der Waals surface area contributed by atoms with E-state index in [1.165, 1.54) is 12.3 Å². The van der Waals surface area contributed by atoms with Gasteiger partial charge in [-0.2, -0.15) is 0 Å². The van der Waals surface area contributed by atoms with Crippen LogP contribution in [0.5, 0.6) is 0 Å². The highest BCUT2D eigenvalue weighted by molar-refractivity contribution is 8.03. The SMILES string of the molecule is CCc1nnc(S/C(=C/c2ccco2)C(=O)O)o1. The Balaban J connectivity index is 2.19. The van der Waals surface area contributed by atoms with Crippen molar-refractivity contribution in [2.75, 3.05) is 0 Å². The Labute approximate surface area is 107 Å². The summed E-state index contributed by atoms with van der Waals surface area (Å²) in [6.07, 6.45) is 3.48. The second-order valence-electron chi connectivity index (χ2n) is 3.25. The van der Waals surface area contributed by atoms with Crippen molar-refractivity contribution in [3.05, 3.63) is 35.0 Å². The summed E-state index contributed by atoms with van der Waals surface area (Å²) in [7, 11) is 0. The predicted molar refractivity (Wildman–Crippen MR) is 63.9 cm³/mol. The minimum absolute atomic E-state index is 0.0521. The molecule has 6 nitrogen and oxygen atoms in total. The Morgan fingerprint density at radius 1 is 1.56 bits per heavy atom. The molecule has 0 bridgehead atoms. The first kappa shape index (κ1) is 12.4. The molecule has 0 aliphatic carbocycles. The van der Waals surface area contributed by atoms with E-state index in [1.807, 2.05) is 6.92 Å². The van der Waals surface area contributed by atoms with Crippen LogP contribution >= 0.6 is 11.8 Å². The summed E-state index contributed by atoms with van der Waals surface area (Å²) in [6.45, 7) is 1.87. The van der Waals surface area contributed by atoms with E-state index in [0.29, 0.717) is 18.1 Å². The average molecular weight is 266 g/mol. The van der Waals surface area contributed by atoms with Crippen molar-refractivity contribution in [2.45, 2.75) is 18.6 Å². The lowest BCUT2D eigenvalue weighted by Crippen LogP contribution is -1.96. The predicted octanol–water partition coefficient (Wildman–Crippen LogP) is 2.44. The number of hydrogen-bond donors (Lipinski definition) is 1. The van der Waals surface area contributed by atoms with E-state index in [4.69, 9.17) is 13.9 Å². The van der Waals surface area contributed by atoms with E-state index < -0.39 is 5.97 Å². The fraction of sp³-hybridized carbons (Fsp3) is 0.182. The van der Waals surface area contributed by atoms with Gasteiger partial charge in [0.25, 0.3) is 5.22 Å². The van der Waals surface area contributed by atoms with Gasteiger partial charge in [0, 0.05) is 12.5 Å². The summed E-state index contributed by atoms with van der Waals surface area (Å²) in [4.78, 5) is 11.1. The highest BCUT2D eigenvalue weighted by Gasteiger charge is 2.15. The van der Waals surface area contributed by atoms with E-state index in [9.17, 15) is 4.79 Å². The second kappa shape index (κ2) is 5.54. The lowest BCUT2D eigenvalue weighted by Gasteiger charge is -1.96. The first-order chi connectivity index (χ1) is 8.69. The number of carbonyl (C=O) groups is 1. The number of aryl methyl sites for hydroxylation is 1. The highest BCUT2D eigenvalue weighted by atomic mass is 32.2. The molecule has 0 spiro atoms. The van der Waals surface area contributed by atoms with Gasteiger partial charge in [-0.15, -0.1) is 10.2 Å². The van der Waals surface area contributed by atoms with Crippen LogP contribution in [0, 0.1) is 0 Å². The quantitative estimate of drug-likeness (QED) is 0.656. The molecular formula is C11H10N2O4S. The molecule has 2 aromatic heterocycles. The first-order valence-electron chi connectivity index (χ1n) is 5.17. The van der Waals surface area contributed by atoms with Crippen LogP contribution in [0.25, 0.3) is 6.08 Å². The Hall–Kier alpha value is -2.02. The molecule has 94 valence electrons. The number of hydrogen-bond acceptors (Lipinski definition) is 6. The van der Waals surface area contributed by atoms with Crippen LogP contribution < -0.4 is 0 Å². The fourth-order valence-electron chi connectivity index (χ4n) is 1.15. The molecule has 0 atom stereocenters. The van der Waals surface area contributed by atoms with Gasteiger partial charge in [0.2, 0.25) is 5.89 Å². The van der Waals surface area contributed by atoms with Crippen molar-refractivity contribution < 1.29 is 18.7 Å². The number of carboxylic acid groups (broad SMARTS) is 1. The zero-order chi connectivity index (χ0) is 13.0. The van der Waals surface area contributed by atoms with Crippen LogP contribution in [0.15, 0.2) is 37.4 Å². The molecule has 0 aromatic carbocycles. The van der Waals surface area contributed by atoms with Crippen LogP contribution in [0.2, 0.25) is 0 Å². The summed E-state index contributed by atoms with van der Waals surface area (Å²) in [6, 6.07) is 3.34. The van der Waals surface area contributed by atoms with Crippen LogP contribution in [-0.4, -0.2) is 21.3 Å². The summed E-state index contributed by atoms with van der Waals surface area (Å²) < 4.78 is 10.3. The summed E-state index contributed by atoms with van der Waals surface area (Å²) in [5.74, 6) is -0.150. The maximum Gasteiger partial charge on any atom is 0.342 e. The highest BCUT2D eigenvalue weighted by Crippen LogP contribution is 2.27. The number of rotatable bonds is 5. The summed E-state index contributed by atoms with van der Waals surface area (Å²) in [5, 5.41) is 16.8. The zero-order valence-corrected chi connectivity index (χ0v) is 10.3. The van der Waals surface area contributed by atoms with E-state index >= 15 is 0 Å². The van der Waals surface area contributed by atoms with Crippen LogP contribution in [0.3, 0.4) is 0 Å². The number of nitrogens with zero attached hydrogens (tertiary/aromatic N) is 2. The fourth-order valence-corrected chi connectivity index (χ4v) is 1.82. The van der Waals surface area contributed by atoms with Gasteiger partial charge < -0.3 is 13.9 Å². The lowest BCUT2D eigenvalue weighted by molar-refractivity contribution is -0.131. The number of carboxylic acids is 1. The molecule has 0 amide bonds. The van der Waals surface area contributed by atoms with Gasteiger partial charge in [-0.3, -0.25) is 0 Å². The Morgan fingerprint density at radius 3 is 2.94 bits per heavy atom. The van der Waals surface area contributed by atoms with Gasteiger partial charge in [0.15, 0.2) is 0 Å². The van der Waals surface area contributed by atoms with Crippen molar-refractivity contribution in [1.82, 2.24) is 10.2 Å². The topological polar surface area (TPSA) is 89.4 Å². The normalized spacial score (nSPS) is 11.7. The van der Waals surface area contributed by atoms with Crippen LogP contribution in [0.4, 0.5) is 0 Å². The Kier molecular flexibility index (Phi) is 3.83. The minimum atomic E-state index is -1.08. The number of aromatic nitrogens is 2. The molecule has 2 heterocycles.